The third-order valence-corrected chi connectivity index (χ3v) is 0.929. The van der Waals surface area contributed by atoms with Crippen molar-refractivity contribution in [1.29, 1.82) is 0 Å². The zero-order valence-corrected chi connectivity index (χ0v) is 8.60. The van der Waals surface area contributed by atoms with E-state index in [1.54, 1.807) is 22.9 Å². The predicted octanol–water partition coefficient (Wildman–Crippen LogP) is 1.63. The molecule has 0 aromatic rings. The number of carbonyl (C=O) groups excluding carboxylic acids is 1. The van der Waals surface area contributed by atoms with Crippen molar-refractivity contribution in [3.63, 3.8) is 0 Å². The summed E-state index contributed by atoms with van der Waals surface area (Å²) in [5, 5.41) is 7.45. The number of carboxylic acids is 1. The molecule has 0 rings (SSSR count). The van der Waals surface area contributed by atoms with Crippen LogP contribution in [0, 0.1) is 0 Å². The van der Waals surface area contributed by atoms with Gasteiger partial charge in [0.25, 0.3) is 0 Å². The van der Waals surface area contributed by atoms with E-state index >= 15 is 0 Å². The molecule has 0 aliphatic carbocycles. The number of hydrogen-bond acceptors (Lipinski definition) is 3. The lowest BCUT2D eigenvalue weighted by Gasteiger charge is -1.96. The molecule has 0 heterocycles. The van der Waals surface area contributed by atoms with Crippen LogP contribution in [-0.2, 0) is 14.3 Å². The molecule has 0 aromatic carbocycles. The van der Waals surface area contributed by atoms with Crippen molar-refractivity contribution in [3.8, 4) is 0 Å². The van der Waals surface area contributed by atoms with Crippen LogP contribution >= 0.6 is 15.9 Å². The largest absolute Gasteiger partial charge is 0.476 e. The van der Waals surface area contributed by atoms with Crippen LogP contribution in [0.25, 0.3) is 0 Å². The minimum Gasteiger partial charge on any atom is -0.476 e. The summed E-state index contributed by atoms with van der Waals surface area (Å²) in [6.45, 7) is 3.65. The van der Waals surface area contributed by atoms with Gasteiger partial charge in [-0.2, -0.15) is 8.78 Å². The zero-order valence-electron chi connectivity index (χ0n) is 7.01. The Balaban J connectivity index is 0. The third-order valence-electron chi connectivity index (χ3n) is 0.590. The van der Waals surface area contributed by atoms with E-state index in [-0.39, 0.29) is 5.97 Å². The van der Waals surface area contributed by atoms with E-state index in [1.807, 2.05) is 0 Å². The Hall–Kier alpha value is -0.720. The Labute approximate surface area is 82.0 Å². The van der Waals surface area contributed by atoms with Crippen LogP contribution < -0.4 is 0 Å². The molecule has 0 aromatic heterocycles. The first-order chi connectivity index (χ1) is 5.71. The summed E-state index contributed by atoms with van der Waals surface area (Å²) in [6.07, 6.45) is 0. The maximum atomic E-state index is 11.2. The molecule has 0 saturated heterocycles. The number of ether oxygens (including phenoxy) is 1. The minimum atomic E-state index is -3.77. The molecule has 0 fully saturated rings. The highest BCUT2D eigenvalue weighted by Gasteiger charge is 2.34. The smallest absolute Gasteiger partial charge is 0.395 e. The molecule has 7 heteroatoms. The summed E-state index contributed by atoms with van der Waals surface area (Å²) >= 11 is 1.61. The molecule has 0 aliphatic rings. The molecule has 4 nitrogen and oxygen atoms in total. The first-order valence-electron chi connectivity index (χ1n) is 3.15. The summed E-state index contributed by atoms with van der Waals surface area (Å²) in [4.78, 5) is 15.3. The second-order valence-corrected chi connectivity index (χ2v) is 2.72. The molecule has 78 valence electrons. The van der Waals surface area contributed by atoms with Gasteiger partial charge >= 0.3 is 16.8 Å². The zero-order chi connectivity index (χ0) is 11.1. The number of hydrogen-bond donors (Lipinski definition) is 1. The third kappa shape index (κ3) is 14.2. The Morgan fingerprint density at radius 2 is 1.85 bits per heavy atom. The van der Waals surface area contributed by atoms with Crippen molar-refractivity contribution in [1.82, 2.24) is 0 Å². The second-order valence-electron chi connectivity index (χ2n) is 1.73. The number of carbonyl (C=O) groups is 2. The van der Waals surface area contributed by atoms with Gasteiger partial charge in [0.1, 0.15) is 0 Å². The lowest BCUT2D eigenvalue weighted by molar-refractivity contribution is -0.152. The summed E-state index contributed by atoms with van der Waals surface area (Å²) in [5.74, 6) is -2.38. The number of rotatable bonds is 2. The Morgan fingerprint density at radius 1 is 1.54 bits per heavy atom. The standard InChI is InChI=1S/C4H8O2.C2HBrF2O2/c1-3-6-4(2)5;3-2(4,5)1(6)7/h3H2,1-2H3;(H,6,7). The average Bonchev–Trinajstić information content (AvgIpc) is 1.85. The van der Waals surface area contributed by atoms with Crippen molar-refractivity contribution in [2.24, 2.45) is 0 Å². The molecule has 0 unspecified atom stereocenters. The minimum absolute atomic E-state index is 0.211. The Kier molecular flexibility index (Phi) is 7.69. The molecule has 0 bridgehead atoms. The number of halogens is 3. The first kappa shape index (κ1) is 14.8. The molecule has 0 spiro atoms. The molecular formula is C6H9BrF2O4. The van der Waals surface area contributed by atoms with E-state index in [4.69, 9.17) is 5.11 Å². The maximum absolute atomic E-state index is 11.2. The average molecular weight is 263 g/mol. The molecule has 0 radical (unpaired) electrons. The van der Waals surface area contributed by atoms with Gasteiger partial charge in [0.15, 0.2) is 0 Å². The van der Waals surface area contributed by atoms with Crippen LogP contribution in [0.15, 0.2) is 0 Å². The molecule has 0 atom stereocenters. The predicted molar refractivity (Wildman–Crippen MR) is 43.8 cm³/mol. The molecule has 1 N–H and O–H groups in total. The highest BCUT2D eigenvalue weighted by atomic mass is 79.9. The highest BCUT2D eigenvalue weighted by molar-refractivity contribution is 9.10. The summed E-state index contributed by atoms with van der Waals surface area (Å²) in [6, 6.07) is 0. The van der Waals surface area contributed by atoms with Crippen LogP contribution in [-0.4, -0.2) is 28.5 Å². The van der Waals surface area contributed by atoms with Crippen molar-refractivity contribution in [2.75, 3.05) is 6.61 Å². The maximum Gasteiger partial charge on any atom is 0.395 e. The SMILES string of the molecule is CCOC(C)=O.O=C(O)C(F)(F)Br. The Morgan fingerprint density at radius 3 is 1.85 bits per heavy atom. The van der Waals surface area contributed by atoms with E-state index in [2.05, 4.69) is 4.74 Å². The molecular weight excluding hydrogens is 254 g/mol. The van der Waals surface area contributed by atoms with Gasteiger partial charge in [0, 0.05) is 22.9 Å². The van der Waals surface area contributed by atoms with Gasteiger partial charge in [-0.1, -0.05) is 0 Å². The first-order valence-corrected chi connectivity index (χ1v) is 3.94. The van der Waals surface area contributed by atoms with Crippen molar-refractivity contribution < 1.29 is 28.2 Å². The van der Waals surface area contributed by atoms with E-state index in [0.717, 1.165) is 0 Å². The van der Waals surface area contributed by atoms with Gasteiger partial charge < -0.3 is 9.84 Å². The Bertz CT molecular complexity index is 178. The second kappa shape index (κ2) is 6.76. The summed E-state index contributed by atoms with van der Waals surface area (Å²) < 4.78 is 26.7. The molecule has 13 heavy (non-hydrogen) atoms. The lowest BCUT2D eigenvalue weighted by Crippen LogP contribution is -2.18. The van der Waals surface area contributed by atoms with Crippen LogP contribution in [0.1, 0.15) is 13.8 Å². The van der Waals surface area contributed by atoms with Gasteiger partial charge in [-0.3, -0.25) is 4.79 Å². The van der Waals surface area contributed by atoms with Crippen LogP contribution in [0.2, 0.25) is 0 Å². The highest BCUT2D eigenvalue weighted by Crippen LogP contribution is 2.20. The fourth-order valence-electron chi connectivity index (χ4n) is 0.203. The van der Waals surface area contributed by atoms with Crippen LogP contribution in [0.3, 0.4) is 0 Å². The number of alkyl halides is 3. The van der Waals surface area contributed by atoms with E-state index in [9.17, 15) is 18.4 Å². The van der Waals surface area contributed by atoms with Crippen LogP contribution in [0.4, 0.5) is 8.78 Å². The van der Waals surface area contributed by atoms with Gasteiger partial charge in [-0.05, 0) is 6.92 Å². The monoisotopic (exact) mass is 262 g/mol. The van der Waals surface area contributed by atoms with Crippen molar-refractivity contribution in [2.45, 2.75) is 18.7 Å². The van der Waals surface area contributed by atoms with Crippen molar-refractivity contribution >= 4 is 27.9 Å². The molecule has 0 aliphatic heterocycles. The summed E-state index contributed by atoms with van der Waals surface area (Å²) in [5.41, 5.74) is 0. The van der Waals surface area contributed by atoms with Gasteiger partial charge in [-0.15, -0.1) is 0 Å². The number of carboxylic acid groups (broad SMARTS) is 1. The molecule has 0 amide bonds. The van der Waals surface area contributed by atoms with E-state index in [0.29, 0.717) is 6.61 Å². The van der Waals surface area contributed by atoms with Crippen LogP contribution in [0.5, 0.6) is 0 Å². The fourth-order valence-corrected chi connectivity index (χ4v) is 0.203. The van der Waals surface area contributed by atoms with E-state index in [1.165, 1.54) is 6.92 Å². The summed E-state index contributed by atoms with van der Waals surface area (Å²) in [7, 11) is 0. The van der Waals surface area contributed by atoms with Gasteiger partial charge in [0.05, 0.1) is 6.61 Å². The fraction of sp³-hybridized carbons (Fsp3) is 0.667. The van der Waals surface area contributed by atoms with Gasteiger partial charge in [-0.25, -0.2) is 4.79 Å². The quantitative estimate of drug-likeness (QED) is 0.607. The lowest BCUT2D eigenvalue weighted by atomic mass is 10.7. The normalized spacial score (nSPS) is 9.62. The van der Waals surface area contributed by atoms with Gasteiger partial charge in [0.2, 0.25) is 0 Å². The number of esters is 1. The topological polar surface area (TPSA) is 63.6 Å². The van der Waals surface area contributed by atoms with Crippen molar-refractivity contribution in [3.05, 3.63) is 0 Å². The van der Waals surface area contributed by atoms with E-state index < -0.39 is 10.8 Å². The molecule has 0 saturated carbocycles. The number of aliphatic carboxylic acids is 1.